The Morgan fingerprint density at radius 2 is 2.29 bits per heavy atom. The molecule has 2 heterocycles. The van der Waals surface area contributed by atoms with Crippen LogP contribution in [0.5, 0.6) is 0 Å². The molecule has 1 aromatic rings. The standard InChI is InChI=1S/C15H27N5O/c1-4-13(14-7-10-17-20(14)3)18-15(21)11-19(2)12-5-8-16-9-6-12/h7,10,12-13,16H,4-6,8-9,11H2,1-3H3,(H,18,21). The SMILES string of the molecule is CCC(NC(=O)CN(C)C1CCNCC1)c1ccnn1C. The van der Waals surface area contributed by atoms with Crippen LogP contribution < -0.4 is 10.6 Å². The van der Waals surface area contributed by atoms with E-state index in [0.29, 0.717) is 12.6 Å². The van der Waals surface area contributed by atoms with E-state index in [-0.39, 0.29) is 11.9 Å². The fraction of sp³-hybridized carbons (Fsp3) is 0.733. The van der Waals surface area contributed by atoms with E-state index in [2.05, 4.69) is 27.6 Å². The second-order valence-electron chi connectivity index (χ2n) is 5.80. The highest BCUT2D eigenvalue weighted by Crippen LogP contribution is 2.15. The van der Waals surface area contributed by atoms with Crippen molar-refractivity contribution in [3.8, 4) is 0 Å². The minimum Gasteiger partial charge on any atom is -0.347 e. The van der Waals surface area contributed by atoms with Crippen LogP contribution in [0.2, 0.25) is 0 Å². The highest BCUT2D eigenvalue weighted by Gasteiger charge is 2.21. The zero-order valence-electron chi connectivity index (χ0n) is 13.3. The van der Waals surface area contributed by atoms with E-state index in [4.69, 9.17) is 0 Å². The second-order valence-corrected chi connectivity index (χ2v) is 5.80. The molecular weight excluding hydrogens is 266 g/mol. The predicted molar refractivity (Wildman–Crippen MR) is 82.9 cm³/mol. The number of piperidine rings is 1. The van der Waals surface area contributed by atoms with Crippen molar-refractivity contribution < 1.29 is 4.79 Å². The number of nitrogens with one attached hydrogen (secondary N) is 2. The summed E-state index contributed by atoms with van der Waals surface area (Å²) in [4.78, 5) is 14.4. The highest BCUT2D eigenvalue weighted by molar-refractivity contribution is 5.78. The second kappa shape index (κ2) is 7.56. The van der Waals surface area contributed by atoms with E-state index >= 15 is 0 Å². The lowest BCUT2D eigenvalue weighted by atomic mass is 10.1. The third-order valence-electron chi connectivity index (χ3n) is 4.28. The van der Waals surface area contributed by atoms with Gasteiger partial charge in [0.1, 0.15) is 0 Å². The molecule has 1 unspecified atom stereocenters. The summed E-state index contributed by atoms with van der Waals surface area (Å²) in [6.07, 6.45) is 4.86. The van der Waals surface area contributed by atoms with Crippen molar-refractivity contribution in [1.29, 1.82) is 0 Å². The van der Waals surface area contributed by atoms with Crippen molar-refractivity contribution in [2.45, 2.75) is 38.3 Å². The Balaban J connectivity index is 1.86. The number of amides is 1. The average molecular weight is 293 g/mol. The topological polar surface area (TPSA) is 62.2 Å². The smallest absolute Gasteiger partial charge is 0.234 e. The largest absolute Gasteiger partial charge is 0.347 e. The third kappa shape index (κ3) is 4.28. The maximum atomic E-state index is 12.3. The summed E-state index contributed by atoms with van der Waals surface area (Å²) in [6.45, 7) is 4.62. The lowest BCUT2D eigenvalue weighted by Crippen LogP contribution is -2.45. The molecule has 6 heteroatoms. The Morgan fingerprint density at radius 1 is 1.57 bits per heavy atom. The van der Waals surface area contributed by atoms with Crippen LogP contribution >= 0.6 is 0 Å². The van der Waals surface area contributed by atoms with Crippen LogP contribution in [0.25, 0.3) is 0 Å². The first-order chi connectivity index (χ1) is 10.1. The van der Waals surface area contributed by atoms with Crippen molar-refractivity contribution >= 4 is 5.91 Å². The quantitative estimate of drug-likeness (QED) is 0.809. The lowest BCUT2D eigenvalue weighted by Gasteiger charge is -2.31. The molecule has 1 aliphatic heterocycles. The first kappa shape index (κ1) is 16.0. The number of hydrogen-bond donors (Lipinski definition) is 2. The van der Waals surface area contributed by atoms with Crippen LogP contribution in [-0.4, -0.2) is 53.3 Å². The molecule has 1 saturated heterocycles. The van der Waals surface area contributed by atoms with Crippen LogP contribution in [-0.2, 0) is 11.8 Å². The Hall–Kier alpha value is -1.40. The molecule has 0 aliphatic carbocycles. The number of carbonyl (C=O) groups is 1. The maximum Gasteiger partial charge on any atom is 0.234 e. The van der Waals surface area contributed by atoms with Crippen LogP contribution in [0.15, 0.2) is 12.3 Å². The molecule has 6 nitrogen and oxygen atoms in total. The lowest BCUT2D eigenvalue weighted by molar-refractivity contribution is -0.123. The van der Waals surface area contributed by atoms with Gasteiger partial charge in [0.25, 0.3) is 0 Å². The van der Waals surface area contributed by atoms with Gasteiger partial charge in [-0.15, -0.1) is 0 Å². The molecule has 0 bridgehead atoms. The molecule has 0 spiro atoms. The van der Waals surface area contributed by atoms with E-state index < -0.39 is 0 Å². The number of hydrogen-bond acceptors (Lipinski definition) is 4. The van der Waals surface area contributed by atoms with Gasteiger partial charge in [-0.25, -0.2) is 0 Å². The summed E-state index contributed by atoms with van der Waals surface area (Å²) in [5.41, 5.74) is 1.05. The van der Waals surface area contributed by atoms with Crippen molar-refractivity contribution in [2.75, 3.05) is 26.7 Å². The summed E-state index contributed by atoms with van der Waals surface area (Å²) in [6, 6.07) is 2.51. The van der Waals surface area contributed by atoms with E-state index in [1.54, 1.807) is 6.20 Å². The summed E-state index contributed by atoms with van der Waals surface area (Å²) < 4.78 is 1.82. The first-order valence-corrected chi connectivity index (χ1v) is 7.80. The average Bonchev–Trinajstić information content (AvgIpc) is 2.91. The summed E-state index contributed by atoms with van der Waals surface area (Å²) in [5.74, 6) is 0.0871. The molecule has 118 valence electrons. The van der Waals surface area contributed by atoms with Crippen molar-refractivity contribution in [3.63, 3.8) is 0 Å². The van der Waals surface area contributed by atoms with E-state index in [9.17, 15) is 4.79 Å². The molecule has 21 heavy (non-hydrogen) atoms. The molecule has 0 radical (unpaired) electrons. The van der Waals surface area contributed by atoms with Crippen LogP contribution in [0.3, 0.4) is 0 Å². The Labute approximate surface area is 126 Å². The number of likely N-dealkylation sites (N-methyl/N-ethyl adjacent to an activating group) is 1. The molecule has 2 N–H and O–H groups in total. The number of aromatic nitrogens is 2. The highest BCUT2D eigenvalue weighted by atomic mass is 16.2. The zero-order valence-corrected chi connectivity index (χ0v) is 13.3. The summed E-state index contributed by atoms with van der Waals surface area (Å²) >= 11 is 0. The Kier molecular flexibility index (Phi) is 5.76. The molecule has 1 atom stereocenters. The maximum absolute atomic E-state index is 12.3. The van der Waals surface area contributed by atoms with Gasteiger partial charge in [0.2, 0.25) is 5.91 Å². The van der Waals surface area contributed by atoms with Crippen LogP contribution in [0.1, 0.15) is 37.9 Å². The molecule has 0 aromatic carbocycles. The van der Waals surface area contributed by atoms with Gasteiger partial charge >= 0.3 is 0 Å². The molecule has 1 aliphatic rings. The predicted octanol–water partition coefficient (Wildman–Crippen LogP) is 0.671. The monoisotopic (exact) mass is 293 g/mol. The van der Waals surface area contributed by atoms with Crippen molar-refractivity contribution in [1.82, 2.24) is 25.3 Å². The Morgan fingerprint density at radius 3 is 2.86 bits per heavy atom. The molecule has 1 aromatic heterocycles. The number of aryl methyl sites for hydroxylation is 1. The minimum atomic E-state index is 0.0337. The summed E-state index contributed by atoms with van der Waals surface area (Å²) in [7, 11) is 3.95. The number of rotatable bonds is 6. The van der Waals surface area contributed by atoms with Crippen molar-refractivity contribution in [3.05, 3.63) is 18.0 Å². The third-order valence-corrected chi connectivity index (χ3v) is 4.28. The van der Waals surface area contributed by atoms with Gasteiger partial charge in [-0.05, 0) is 45.5 Å². The Bertz CT molecular complexity index is 453. The number of nitrogens with zero attached hydrogens (tertiary/aromatic N) is 3. The molecule has 0 saturated carbocycles. The normalized spacial score (nSPS) is 17.9. The van der Waals surface area contributed by atoms with Gasteiger partial charge in [-0.2, -0.15) is 5.10 Å². The van der Waals surface area contributed by atoms with Crippen LogP contribution in [0.4, 0.5) is 0 Å². The zero-order chi connectivity index (χ0) is 15.2. The summed E-state index contributed by atoms with van der Waals surface area (Å²) in [5, 5.41) is 10.7. The van der Waals surface area contributed by atoms with E-state index in [1.807, 2.05) is 24.8 Å². The van der Waals surface area contributed by atoms with Gasteiger partial charge in [-0.3, -0.25) is 14.4 Å². The van der Waals surface area contributed by atoms with E-state index in [0.717, 1.165) is 38.0 Å². The molecular formula is C15H27N5O. The van der Waals surface area contributed by atoms with Crippen LogP contribution in [0, 0.1) is 0 Å². The van der Waals surface area contributed by atoms with Gasteiger partial charge < -0.3 is 10.6 Å². The van der Waals surface area contributed by atoms with Gasteiger partial charge in [0.05, 0.1) is 18.3 Å². The van der Waals surface area contributed by atoms with E-state index in [1.165, 1.54) is 0 Å². The first-order valence-electron chi connectivity index (χ1n) is 7.80. The number of carbonyl (C=O) groups excluding carboxylic acids is 1. The van der Waals surface area contributed by atoms with Gasteiger partial charge in [-0.1, -0.05) is 6.92 Å². The van der Waals surface area contributed by atoms with Gasteiger partial charge in [0.15, 0.2) is 0 Å². The molecule has 1 fully saturated rings. The fourth-order valence-corrected chi connectivity index (χ4v) is 2.95. The molecule has 2 rings (SSSR count). The minimum absolute atomic E-state index is 0.0337. The fourth-order valence-electron chi connectivity index (χ4n) is 2.95. The molecule has 1 amide bonds. The van der Waals surface area contributed by atoms with Gasteiger partial charge in [0, 0.05) is 19.3 Å². The van der Waals surface area contributed by atoms with Crippen molar-refractivity contribution in [2.24, 2.45) is 7.05 Å².